The van der Waals surface area contributed by atoms with Crippen molar-refractivity contribution in [2.45, 2.75) is 39.2 Å². The van der Waals surface area contributed by atoms with Crippen LogP contribution in [0.5, 0.6) is 5.75 Å². The van der Waals surface area contributed by atoms with E-state index in [2.05, 4.69) is 0 Å². The maximum absolute atomic E-state index is 13.5. The van der Waals surface area contributed by atoms with Crippen LogP contribution in [0.25, 0.3) is 5.57 Å². The predicted molar refractivity (Wildman–Crippen MR) is 134 cm³/mol. The van der Waals surface area contributed by atoms with Gasteiger partial charge in [0.2, 0.25) is 0 Å². The highest BCUT2D eigenvalue weighted by molar-refractivity contribution is 8.03. The number of thioether (sulfide) groups is 1. The quantitative estimate of drug-likeness (QED) is 0.390. The highest BCUT2D eigenvalue weighted by Gasteiger charge is 2.39. The third-order valence-electron chi connectivity index (χ3n) is 5.33. The summed E-state index contributed by atoms with van der Waals surface area (Å²) in [6.45, 7) is 6.21. The largest absolute Gasteiger partial charge is 0.491 e. The maximum Gasteiger partial charge on any atom is 0.268 e. The number of imide groups is 1. The van der Waals surface area contributed by atoms with Crippen molar-refractivity contribution < 1.29 is 14.3 Å². The molecule has 0 saturated heterocycles. The third kappa shape index (κ3) is 5.37. The molecule has 0 saturated carbocycles. The number of nitrogens with zero attached hydrogens (tertiary/aromatic N) is 1. The summed E-state index contributed by atoms with van der Waals surface area (Å²) in [4.78, 5) is 28.7. The average molecular weight is 458 g/mol. The Bertz CT molecular complexity index is 1170. The fourth-order valence-electron chi connectivity index (χ4n) is 3.66. The lowest BCUT2D eigenvalue weighted by molar-refractivity contribution is -0.137. The summed E-state index contributed by atoms with van der Waals surface area (Å²) < 4.78 is 5.74. The lowest BCUT2D eigenvalue weighted by Gasteiger charge is -2.15. The zero-order chi connectivity index (χ0) is 23.4. The van der Waals surface area contributed by atoms with Crippen molar-refractivity contribution in [3.63, 3.8) is 0 Å². The van der Waals surface area contributed by atoms with Gasteiger partial charge in [-0.25, -0.2) is 0 Å². The first kappa shape index (κ1) is 22.9. The molecule has 0 fully saturated rings. The minimum atomic E-state index is -0.256. The van der Waals surface area contributed by atoms with Crippen LogP contribution < -0.4 is 4.74 Å². The van der Waals surface area contributed by atoms with Gasteiger partial charge in [-0.05, 0) is 49.6 Å². The molecule has 1 aliphatic heterocycles. The van der Waals surface area contributed by atoms with Gasteiger partial charge in [-0.1, -0.05) is 72.3 Å². The third-order valence-corrected chi connectivity index (χ3v) is 6.47. The summed E-state index contributed by atoms with van der Waals surface area (Å²) >= 11 is 1.42. The van der Waals surface area contributed by atoms with Gasteiger partial charge < -0.3 is 4.74 Å². The minimum absolute atomic E-state index is 0.0618. The molecule has 3 aromatic rings. The van der Waals surface area contributed by atoms with E-state index in [0.29, 0.717) is 16.2 Å². The molecule has 0 aliphatic carbocycles. The molecule has 0 bridgehead atoms. The molecule has 33 heavy (non-hydrogen) atoms. The summed E-state index contributed by atoms with van der Waals surface area (Å²) in [6, 6.07) is 25.3. The maximum atomic E-state index is 13.5. The van der Waals surface area contributed by atoms with E-state index < -0.39 is 0 Å². The van der Waals surface area contributed by atoms with Crippen molar-refractivity contribution in [2.75, 3.05) is 0 Å². The Hall–Kier alpha value is -3.31. The van der Waals surface area contributed by atoms with Crippen molar-refractivity contribution in [1.82, 2.24) is 4.90 Å². The number of aryl methyl sites for hydroxylation is 1. The van der Waals surface area contributed by atoms with E-state index in [9.17, 15) is 9.59 Å². The topological polar surface area (TPSA) is 46.6 Å². The first-order valence-corrected chi connectivity index (χ1v) is 12.0. The Morgan fingerprint density at radius 2 is 1.48 bits per heavy atom. The van der Waals surface area contributed by atoms with Gasteiger partial charge in [0.15, 0.2) is 0 Å². The summed E-state index contributed by atoms with van der Waals surface area (Å²) in [7, 11) is 0. The number of carbonyl (C=O) groups excluding carboxylic acids is 2. The van der Waals surface area contributed by atoms with Crippen LogP contribution in [-0.2, 0) is 21.9 Å². The number of benzene rings is 3. The molecule has 2 amide bonds. The Labute approximate surface area is 199 Å². The van der Waals surface area contributed by atoms with Gasteiger partial charge in [0.25, 0.3) is 11.8 Å². The lowest BCUT2D eigenvalue weighted by atomic mass is 10.1. The molecule has 0 spiro atoms. The van der Waals surface area contributed by atoms with Crippen LogP contribution in [-0.4, -0.2) is 22.8 Å². The molecule has 1 heterocycles. The van der Waals surface area contributed by atoms with Crippen LogP contribution in [0, 0.1) is 6.92 Å². The molecular formula is C28H27NO3S. The van der Waals surface area contributed by atoms with Crippen LogP contribution in [0.4, 0.5) is 0 Å². The van der Waals surface area contributed by atoms with Gasteiger partial charge in [0.1, 0.15) is 5.75 Å². The van der Waals surface area contributed by atoms with Crippen molar-refractivity contribution >= 4 is 29.1 Å². The van der Waals surface area contributed by atoms with Gasteiger partial charge in [0.05, 0.1) is 23.1 Å². The Kier molecular flexibility index (Phi) is 6.99. The summed E-state index contributed by atoms with van der Waals surface area (Å²) in [6.07, 6.45) is 0.0618. The molecule has 0 atom stereocenters. The zero-order valence-corrected chi connectivity index (χ0v) is 19.9. The predicted octanol–water partition coefficient (Wildman–Crippen LogP) is 6.00. The Morgan fingerprint density at radius 3 is 2.12 bits per heavy atom. The molecule has 0 radical (unpaired) electrons. The molecule has 168 valence electrons. The SMILES string of the molecule is Cc1ccc(CN2C(=O)C(SCc3ccccc3)=C(c3ccc(OC(C)C)cc3)C2=O)cc1. The van der Waals surface area contributed by atoms with Gasteiger partial charge in [-0.15, -0.1) is 11.8 Å². The van der Waals surface area contributed by atoms with E-state index >= 15 is 0 Å². The smallest absolute Gasteiger partial charge is 0.268 e. The lowest BCUT2D eigenvalue weighted by Crippen LogP contribution is -2.30. The molecular weight excluding hydrogens is 430 g/mol. The monoisotopic (exact) mass is 457 g/mol. The highest BCUT2D eigenvalue weighted by atomic mass is 32.2. The normalized spacial score (nSPS) is 13.9. The number of ether oxygens (including phenoxy) is 1. The molecule has 3 aromatic carbocycles. The Balaban J connectivity index is 1.65. The zero-order valence-electron chi connectivity index (χ0n) is 19.1. The second-order valence-electron chi connectivity index (χ2n) is 8.35. The van der Waals surface area contributed by atoms with Crippen LogP contribution >= 0.6 is 11.8 Å². The molecule has 0 aromatic heterocycles. The van der Waals surface area contributed by atoms with Gasteiger partial charge in [0, 0.05) is 5.75 Å². The van der Waals surface area contributed by atoms with Gasteiger partial charge in [-0.2, -0.15) is 0 Å². The van der Waals surface area contributed by atoms with Crippen LogP contribution in [0.3, 0.4) is 0 Å². The van der Waals surface area contributed by atoms with Gasteiger partial charge >= 0.3 is 0 Å². The first-order valence-electron chi connectivity index (χ1n) is 11.0. The molecule has 4 nitrogen and oxygen atoms in total. The molecule has 1 aliphatic rings. The first-order chi connectivity index (χ1) is 15.9. The number of carbonyl (C=O) groups is 2. The van der Waals surface area contributed by atoms with Crippen LogP contribution in [0.2, 0.25) is 0 Å². The number of rotatable bonds is 8. The second-order valence-corrected chi connectivity index (χ2v) is 9.34. The van der Waals surface area contributed by atoms with Crippen molar-refractivity contribution in [3.05, 3.63) is 106 Å². The summed E-state index contributed by atoms with van der Waals surface area (Å²) in [5, 5.41) is 0. The molecule has 0 unspecified atom stereocenters. The molecule has 0 N–H and O–H groups in total. The summed E-state index contributed by atoms with van der Waals surface area (Å²) in [5.41, 5.74) is 4.36. The number of hydrogen-bond donors (Lipinski definition) is 0. The Morgan fingerprint density at radius 1 is 0.818 bits per heavy atom. The fourth-order valence-corrected chi connectivity index (χ4v) is 4.75. The van der Waals surface area contributed by atoms with Crippen molar-refractivity contribution in [3.8, 4) is 5.75 Å². The fraction of sp³-hybridized carbons (Fsp3) is 0.214. The van der Waals surface area contributed by atoms with Crippen molar-refractivity contribution in [2.24, 2.45) is 0 Å². The van der Waals surface area contributed by atoms with E-state index in [-0.39, 0.29) is 24.5 Å². The number of amides is 2. The van der Waals surface area contributed by atoms with E-state index in [1.165, 1.54) is 16.7 Å². The summed E-state index contributed by atoms with van der Waals surface area (Å²) in [5.74, 6) is 0.861. The van der Waals surface area contributed by atoms with Crippen LogP contribution in [0.15, 0.2) is 83.8 Å². The minimum Gasteiger partial charge on any atom is -0.491 e. The number of hydrogen-bond acceptors (Lipinski definition) is 4. The second kappa shape index (κ2) is 10.1. The standard InChI is InChI=1S/C28H27NO3S/c1-19(2)32-24-15-13-23(14-16-24)25-26(33-18-22-7-5-4-6-8-22)28(31)29(27(25)30)17-21-11-9-20(3)10-12-21/h4-16,19H,17-18H2,1-3H3. The van der Waals surface area contributed by atoms with E-state index in [0.717, 1.165) is 28.0 Å². The molecule has 5 heteroatoms. The van der Waals surface area contributed by atoms with E-state index in [1.54, 1.807) is 0 Å². The highest BCUT2D eigenvalue weighted by Crippen LogP contribution is 2.38. The van der Waals surface area contributed by atoms with Gasteiger partial charge in [-0.3, -0.25) is 14.5 Å². The van der Waals surface area contributed by atoms with E-state index in [1.807, 2.05) is 99.6 Å². The van der Waals surface area contributed by atoms with Crippen molar-refractivity contribution in [1.29, 1.82) is 0 Å². The van der Waals surface area contributed by atoms with E-state index in [4.69, 9.17) is 4.74 Å². The van der Waals surface area contributed by atoms with Crippen LogP contribution in [0.1, 0.15) is 36.1 Å². The molecule has 4 rings (SSSR count). The average Bonchev–Trinajstić information content (AvgIpc) is 3.04.